The molecule has 0 radical (unpaired) electrons. The topological polar surface area (TPSA) is 49.6 Å². The highest BCUT2D eigenvalue weighted by Crippen LogP contribution is 2.26. The maximum Gasteiger partial charge on any atom is 0.383 e. The molecule has 1 aliphatic heterocycles. The monoisotopic (exact) mass is 305 g/mol. The van der Waals surface area contributed by atoms with Gasteiger partial charge in [-0.2, -0.15) is 8.78 Å². The standard InChI is InChI=1S/C13H15F4N3O/c14-11(15)13(16,17)12(21)20-7-5-19(6-8-20)10-3-1-9(18)2-4-10/h1-4,11H,5-8,18H2. The molecule has 0 atom stereocenters. The third kappa shape index (κ3) is 3.20. The fourth-order valence-electron chi connectivity index (χ4n) is 2.16. The lowest BCUT2D eigenvalue weighted by Crippen LogP contribution is -2.55. The van der Waals surface area contributed by atoms with Gasteiger partial charge in [-0.25, -0.2) is 8.78 Å². The van der Waals surface area contributed by atoms with Gasteiger partial charge < -0.3 is 15.5 Å². The third-order valence-electron chi connectivity index (χ3n) is 3.38. The Morgan fingerprint density at radius 3 is 2.10 bits per heavy atom. The van der Waals surface area contributed by atoms with Crippen LogP contribution in [0.1, 0.15) is 0 Å². The average Bonchev–Trinajstić information content (AvgIpc) is 2.47. The van der Waals surface area contributed by atoms with E-state index in [-0.39, 0.29) is 13.1 Å². The molecule has 2 rings (SSSR count). The number of anilines is 2. The summed E-state index contributed by atoms with van der Waals surface area (Å²) in [5.74, 6) is -6.43. The Morgan fingerprint density at radius 1 is 1.10 bits per heavy atom. The summed E-state index contributed by atoms with van der Waals surface area (Å²) in [7, 11) is 0. The highest BCUT2D eigenvalue weighted by molar-refractivity contribution is 5.84. The summed E-state index contributed by atoms with van der Waals surface area (Å²) in [4.78, 5) is 14.1. The number of nitrogen functional groups attached to an aromatic ring is 1. The van der Waals surface area contributed by atoms with Gasteiger partial charge in [0.15, 0.2) is 0 Å². The van der Waals surface area contributed by atoms with E-state index in [1.165, 1.54) is 0 Å². The summed E-state index contributed by atoms with van der Waals surface area (Å²) in [5.41, 5.74) is 7.01. The SMILES string of the molecule is Nc1ccc(N2CCN(C(=O)C(F)(F)C(F)F)CC2)cc1. The number of alkyl halides is 4. The van der Waals surface area contributed by atoms with Crippen LogP contribution >= 0.6 is 0 Å². The van der Waals surface area contributed by atoms with Crippen LogP contribution in [0.2, 0.25) is 0 Å². The summed E-state index contributed by atoms with van der Waals surface area (Å²) in [6, 6.07) is 6.97. The molecule has 0 aliphatic carbocycles. The fourth-order valence-corrected chi connectivity index (χ4v) is 2.16. The van der Waals surface area contributed by atoms with Gasteiger partial charge in [0.25, 0.3) is 5.91 Å². The Hall–Kier alpha value is -1.99. The van der Waals surface area contributed by atoms with Crippen LogP contribution in [-0.4, -0.2) is 49.3 Å². The van der Waals surface area contributed by atoms with E-state index in [0.29, 0.717) is 18.8 Å². The molecule has 1 heterocycles. The number of halogens is 4. The van der Waals surface area contributed by atoms with Crippen LogP contribution in [0, 0.1) is 0 Å². The van der Waals surface area contributed by atoms with Crippen LogP contribution in [0.25, 0.3) is 0 Å². The molecule has 1 fully saturated rings. The quantitative estimate of drug-likeness (QED) is 0.684. The van der Waals surface area contributed by atoms with Crippen molar-refractivity contribution in [3.05, 3.63) is 24.3 Å². The maximum atomic E-state index is 13.0. The summed E-state index contributed by atoms with van der Waals surface area (Å²) in [5, 5.41) is 0. The van der Waals surface area contributed by atoms with Crippen molar-refractivity contribution in [2.75, 3.05) is 36.8 Å². The second kappa shape index (κ2) is 5.79. The van der Waals surface area contributed by atoms with Gasteiger partial charge >= 0.3 is 12.3 Å². The van der Waals surface area contributed by atoms with Crippen LogP contribution in [0.4, 0.5) is 28.9 Å². The van der Waals surface area contributed by atoms with Crippen molar-refractivity contribution in [1.82, 2.24) is 4.90 Å². The van der Waals surface area contributed by atoms with E-state index in [1.54, 1.807) is 24.3 Å². The normalized spacial score (nSPS) is 16.4. The molecular weight excluding hydrogens is 290 g/mol. The van der Waals surface area contributed by atoms with Crippen LogP contribution < -0.4 is 10.6 Å². The molecule has 1 saturated heterocycles. The smallest absolute Gasteiger partial charge is 0.383 e. The summed E-state index contributed by atoms with van der Waals surface area (Å²) >= 11 is 0. The predicted molar refractivity (Wildman–Crippen MR) is 70.6 cm³/mol. The second-order valence-electron chi connectivity index (χ2n) is 4.79. The molecule has 8 heteroatoms. The van der Waals surface area contributed by atoms with E-state index in [4.69, 9.17) is 5.73 Å². The summed E-state index contributed by atoms with van der Waals surface area (Å²) in [6.45, 7) is 0.557. The molecule has 1 aromatic rings. The number of amides is 1. The van der Waals surface area contributed by atoms with Gasteiger partial charge in [-0.15, -0.1) is 0 Å². The van der Waals surface area contributed by atoms with Gasteiger partial charge in [-0.05, 0) is 24.3 Å². The first kappa shape index (κ1) is 15.4. The Morgan fingerprint density at radius 2 is 1.62 bits per heavy atom. The van der Waals surface area contributed by atoms with Crippen molar-refractivity contribution in [2.24, 2.45) is 0 Å². The highest BCUT2D eigenvalue weighted by atomic mass is 19.3. The lowest BCUT2D eigenvalue weighted by Gasteiger charge is -2.37. The van der Waals surface area contributed by atoms with Gasteiger partial charge in [-0.3, -0.25) is 4.79 Å². The van der Waals surface area contributed by atoms with E-state index in [1.807, 2.05) is 4.90 Å². The number of carbonyl (C=O) groups excluding carboxylic acids is 1. The Balaban J connectivity index is 1.97. The molecule has 1 aliphatic rings. The molecule has 2 N–H and O–H groups in total. The minimum atomic E-state index is -4.62. The zero-order valence-corrected chi connectivity index (χ0v) is 11.1. The van der Waals surface area contributed by atoms with Crippen LogP contribution in [0.15, 0.2) is 24.3 Å². The predicted octanol–water partition coefficient (Wildman–Crippen LogP) is 1.82. The van der Waals surface area contributed by atoms with Crippen molar-refractivity contribution >= 4 is 17.3 Å². The second-order valence-corrected chi connectivity index (χ2v) is 4.79. The van der Waals surface area contributed by atoms with Gasteiger partial charge in [0, 0.05) is 37.6 Å². The van der Waals surface area contributed by atoms with Gasteiger partial charge in [-0.1, -0.05) is 0 Å². The van der Waals surface area contributed by atoms with Crippen molar-refractivity contribution in [3.63, 3.8) is 0 Å². The molecule has 1 amide bonds. The fraction of sp³-hybridized carbons (Fsp3) is 0.462. The lowest BCUT2D eigenvalue weighted by atomic mass is 10.2. The molecule has 1 aromatic carbocycles. The van der Waals surface area contributed by atoms with Crippen molar-refractivity contribution in [2.45, 2.75) is 12.3 Å². The molecule has 0 aromatic heterocycles. The van der Waals surface area contributed by atoms with Crippen molar-refractivity contribution in [1.29, 1.82) is 0 Å². The molecule has 4 nitrogen and oxygen atoms in total. The number of rotatable bonds is 3. The average molecular weight is 305 g/mol. The number of nitrogens with two attached hydrogens (primary N) is 1. The summed E-state index contributed by atoms with van der Waals surface area (Å²) in [6.07, 6.45) is -3.99. The first-order chi connectivity index (χ1) is 9.82. The zero-order valence-electron chi connectivity index (χ0n) is 11.1. The first-order valence-electron chi connectivity index (χ1n) is 6.38. The van der Waals surface area contributed by atoms with E-state index in [0.717, 1.165) is 10.6 Å². The number of hydrogen-bond acceptors (Lipinski definition) is 3. The number of hydrogen-bond donors (Lipinski definition) is 1. The molecule has 116 valence electrons. The van der Waals surface area contributed by atoms with Crippen LogP contribution in [0.3, 0.4) is 0 Å². The lowest BCUT2D eigenvalue weighted by molar-refractivity contribution is -0.180. The van der Waals surface area contributed by atoms with Crippen molar-refractivity contribution < 1.29 is 22.4 Å². The molecular formula is C13H15F4N3O. The largest absolute Gasteiger partial charge is 0.399 e. The van der Waals surface area contributed by atoms with E-state index >= 15 is 0 Å². The third-order valence-corrected chi connectivity index (χ3v) is 3.38. The summed E-state index contributed by atoms with van der Waals surface area (Å²) < 4.78 is 50.4. The minimum Gasteiger partial charge on any atom is -0.399 e. The van der Waals surface area contributed by atoms with Crippen molar-refractivity contribution in [3.8, 4) is 0 Å². The van der Waals surface area contributed by atoms with Crippen LogP contribution in [0.5, 0.6) is 0 Å². The molecule has 0 saturated carbocycles. The minimum absolute atomic E-state index is 0.0223. The van der Waals surface area contributed by atoms with Crippen LogP contribution in [-0.2, 0) is 4.79 Å². The van der Waals surface area contributed by atoms with E-state index in [2.05, 4.69) is 0 Å². The Bertz CT molecular complexity index is 499. The first-order valence-corrected chi connectivity index (χ1v) is 6.38. The maximum absolute atomic E-state index is 13.0. The highest BCUT2D eigenvalue weighted by Gasteiger charge is 2.51. The number of carbonyl (C=O) groups is 1. The molecule has 21 heavy (non-hydrogen) atoms. The number of benzene rings is 1. The molecule has 0 bridgehead atoms. The van der Waals surface area contributed by atoms with Gasteiger partial charge in [0.05, 0.1) is 0 Å². The molecule has 0 unspecified atom stereocenters. The van der Waals surface area contributed by atoms with Gasteiger partial charge in [0.2, 0.25) is 0 Å². The van der Waals surface area contributed by atoms with Gasteiger partial charge in [0.1, 0.15) is 0 Å². The number of piperazine rings is 1. The van der Waals surface area contributed by atoms with E-state index in [9.17, 15) is 22.4 Å². The van der Waals surface area contributed by atoms with E-state index < -0.39 is 18.3 Å². The number of nitrogens with zero attached hydrogens (tertiary/aromatic N) is 2. The molecule has 0 spiro atoms. The Labute approximate surface area is 119 Å². The zero-order chi connectivity index (χ0) is 15.6. The Kier molecular flexibility index (Phi) is 4.24.